The summed E-state index contributed by atoms with van der Waals surface area (Å²) in [5.41, 5.74) is -0.198. The number of amides is 1. The van der Waals surface area contributed by atoms with Crippen molar-refractivity contribution >= 4 is 5.91 Å². The van der Waals surface area contributed by atoms with Crippen LogP contribution < -0.4 is 9.47 Å². The van der Waals surface area contributed by atoms with Gasteiger partial charge in [0.1, 0.15) is 42.0 Å². The Labute approximate surface area is 210 Å². The van der Waals surface area contributed by atoms with E-state index >= 15 is 0 Å². The van der Waals surface area contributed by atoms with Crippen molar-refractivity contribution in [2.24, 2.45) is 0 Å². The Hall–Kier alpha value is -3.43. The lowest BCUT2D eigenvalue weighted by Crippen LogP contribution is -2.51. The zero-order valence-electron chi connectivity index (χ0n) is 20.8. The van der Waals surface area contributed by atoms with Gasteiger partial charge in [0, 0.05) is 45.5 Å². The first-order valence-electron chi connectivity index (χ1n) is 12.1. The Balaban J connectivity index is 1.35. The third-order valence-electron chi connectivity index (χ3n) is 6.31. The smallest absolute Gasteiger partial charge is 0.219 e. The molecule has 0 aliphatic carbocycles. The highest BCUT2D eigenvalue weighted by atomic mass is 19.1. The third-order valence-corrected chi connectivity index (χ3v) is 6.31. The van der Waals surface area contributed by atoms with E-state index in [-0.39, 0.29) is 24.9 Å². The van der Waals surface area contributed by atoms with Crippen LogP contribution in [0.25, 0.3) is 0 Å². The number of imidazole rings is 1. The van der Waals surface area contributed by atoms with Crippen molar-refractivity contribution < 1.29 is 23.8 Å². The molecule has 0 unspecified atom stereocenters. The first kappa shape index (κ1) is 25.7. The minimum Gasteiger partial charge on any atom is -0.492 e. The van der Waals surface area contributed by atoms with Crippen LogP contribution in [0.15, 0.2) is 60.9 Å². The van der Waals surface area contributed by atoms with Gasteiger partial charge in [-0.05, 0) is 48.9 Å². The van der Waals surface area contributed by atoms with Gasteiger partial charge in [-0.2, -0.15) is 0 Å². The maximum absolute atomic E-state index is 13.2. The topological polar surface area (TPSA) is 80.1 Å². The monoisotopic (exact) mass is 496 g/mol. The molecule has 9 heteroatoms. The molecule has 8 nitrogen and oxygen atoms in total. The zero-order valence-corrected chi connectivity index (χ0v) is 20.8. The Kier molecular flexibility index (Phi) is 8.22. The van der Waals surface area contributed by atoms with Gasteiger partial charge < -0.3 is 24.0 Å². The van der Waals surface area contributed by atoms with Crippen LogP contribution in [0, 0.1) is 12.7 Å². The van der Waals surface area contributed by atoms with Crippen LogP contribution in [0.2, 0.25) is 0 Å². The molecule has 1 aromatic heterocycles. The molecule has 2 aromatic carbocycles. The van der Waals surface area contributed by atoms with Crippen LogP contribution in [0.5, 0.6) is 11.5 Å². The van der Waals surface area contributed by atoms with Crippen molar-refractivity contribution in [2.75, 3.05) is 39.4 Å². The number of aliphatic hydroxyl groups is 1. The quantitative estimate of drug-likeness (QED) is 0.491. The summed E-state index contributed by atoms with van der Waals surface area (Å²) in [6.45, 7) is 6.99. The van der Waals surface area contributed by atoms with Crippen molar-refractivity contribution in [1.82, 2.24) is 19.4 Å². The van der Waals surface area contributed by atoms with Gasteiger partial charge >= 0.3 is 0 Å². The van der Waals surface area contributed by atoms with Gasteiger partial charge in [-0.15, -0.1) is 0 Å². The molecule has 2 heterocycles. The molecule has 1 atom stereocenters. The van der Waals surface area contributed by atoms with Crippen molar-refractivity contribution in [2.45, 2.75) is 32.5 Å². The van der Waals surface area contributed by atoms with Gasteiger partial charge in [-0.25, -0.2) is 9.37 Å². The van der Waals surface area contributed by atoms with E-state index in [1.165, 1.54) is 31.2 Å². The van der Waals surface area contributed by atoms with Gasteiger partial charge in [0.2, 0.25) is 5.91 Å². The van der Waals surface area contributed by atoms with E-state index in [1.807, 2.05) is 42.0 Å². The first-order valence-corrected chi connectivity index (χ1v) is 12.1. The molecule has 0 saturated carbocycles. The lowest BCUT2D eigenvalue weighted by Gasteiger charge is -2.32. The lowest BCUT2D eigenvalue weighted by molar-refractivity contribution is -0.132. The Morgan fingerprint density at radius 2 is 1.75 bits per heavy atom. The molecule has 36 heavy (non-hydrogen) atoms. The summed E-state index contributed by atoms with van der Waals surface area (Å²) in [5, 5.41) is 11.4. The molecule has 1 amide bonds. The molecule has 4 rings (SSSR count). The molecular formula is C27H33FN4O4. The summed E-state index contributed by atoms with van der Waals surface area (Å²) < 4.78 is 26.9. The van der Waals surface area contributed by atoms with Crippen molar-refractivity contribution in [3.63, 3.8) is 0 Å². The van der Waals surface area contributed by atoms with E-state index in [0.29, 0.717) is 38.5 Å². The minimum absolute atomic E-state index is 0.0118. The molecular weight excluding hydrogens is 463 g/mol. The van der Waals surface area contributed by atoms with Crippen LogP contribution in [0.4, 0.5) is 4.39 Å². The Morgan fingerprint density at radius 1 is 1.06 bits per heavy atom. The summed E-state index contributed by atoms with van der Waals surface area (Å²) in [6.07, 6.45) is 3.71. The fourth-order valence-corrected chi connectivity index (χ4v) is 4.34. The number of rotatable bonds is 9. The lowest BCUT2D eigenvalue weighted by atomic mass is 10.0. The Bertz CT molecular complexity index is 1140. The molecule has 1 aliphatic rings. The standard InChI is InChI=1S/C27H33FN4O4/c1-21-29-11-12-31(21)15-16-35-25-7-3-23(4-8-25)17-30-13-14-32(22(2)33)19-27(34,18-30)20-36-26-9-5-24(28)6-10-26/h3-12,34H,13-20H2,1-2H3/t27-/m0/s1. The highest BCUT2D eigenvalue weighted by molar-refractivity contribution is 5.73. The van der Waals surface area contributed by atoms with E-state index in [4.69, 9.17) is 9.47 Å². The fourth-order valence-electron chi connectivity index (χ4n) is 4.34. The molecule has 0 bridgehead atoms. The highest BCUT2D eigenvalue weighted by Crippen LogP contribution is 2.21. The van der Waals surface area contributed by atoms with Crippen LogP contribution in [-0.2, 0) is 17.9 Å². The number of aryl methyl sites for hydroxylation is 1. The molecule has 0 radical (unpaired) electrons. The molecule has 192 valence electrons. The summed E-state index contributed by atoms with van der Waals surface area (Å²) in [7, 11) is 0. The van der Waals surface area contributed by atoms with E-state index in [0.717, 1.165) is 23.7 Å². The van der Waals surface area contributed by atoms with Crippen LogP contribution in [0.3, 0.4) is 0 Å². The SMILES string of the molecule is CC(=O)N1CCN(Cc2ccc(OCCn3ccnc3C)cc2)C[C@@](O)(COc2ccc(F)cc2)C1. The molecule has 1 aliphatic heterocycles. The minimum atomic E-state index is -1.27. The number of aromatic nitrogens is 2. The van der Waals surface area contributed by atoms with Crippen molar-refractivity contribution in [1.29, 1.82) is 0 Å². The molecule has 1 fully saturated rings. The third kappa shape index (κ3) is 7.05. The van der Waals surface area contributed by atoms with E-state index in [2.05, 4.69) is 9.88 Å². The second kappa shape index (κ2) is 11.5. The number of β-amino-alcohol motifs (C(OH)–C–C–N with tert-alkyl or cyclic N) is 1. The number of hydrogen-bond acceptors (Lipinski definition) is 6. The highest BCUT2D eigenvalue weighted by Gasteiger charge is 2.36. The maximum Gasteiger partial charge on any atom is 0.219 e. The summed E-state index contributed by atoms with van der Waals surface area (Å²) in [4.78, 5) is 20.1. The van der Waals surface area contributed by atoms with Gasteiger partial charge in [-0.3, -0.25) is 9.69 Å². The Morgan fingerprint density at radius 3 is 2.42 bits per heavy atom. The predicted octanol–water partition coefficient (Wildman–Crippen LogP) is 2.88. The average molecular weight is 497 g/mol. The number of benzene rings is 2. The largest absolute Gasteiger partial charge is 0.492 e. The van der Waals surface area contributed by atoms with Gasteiger partial charge in [0.25, 0.3) is 0 Å². The number of ether oxygens (including phenoxy) is 2. The van der Waals surface area contributed by atoms with Crippen LogP contribution >= 0.6 is 0 Å². The number of hydrogen-bond donors (Lipinski definition) is 1. The summed E-state index contributed by atoms with van der Waals surface area (Å²) in [5.74, 6) is 1.77. The maximum atomic E-state index is 13.2. The van der Waals surface area contributed by atoms with E-state index in [1.54, 1.807) is 11.1 Å². The van der Waals surface area contributed by atoms with Crippen LogP contribution in [-0.4, -0.2) is 75.4 Å². The average Bonchev–Trinajstić information content (AvgIpc) is 3.18. The number of carbonyl (C=O) groups excluding carboxylic acids is 1. The van der Waals surface area contributed by atoms with E-state index in [9.17, 15) is 14.3 Å². The van der Waals surface area contributed by atoms with E-state index < -0.39 is 5.60 Å². The zero-order chi connectivity index (χ0) is 25.5. The first-order chi connectivity index (χ1) is 17.3. The van der Waals surface area contributed by atoms with Gasteiger partial charge in [0.05, 0.1) is 13.1 Å². The van der Waals surface area contributed by atoms with Crippen molar-refractivity contribution in [3.8, 4) is 11.5 Å². The summed E-state index contributed by atoms with van der Waals surface area (Å²) in [6, 6.07) is 13.6. The number of halogens is 1. The number of carbonyl (C=O) groups is 1. The molecule has 1 N–H and O–H groups in total. The predicted molar refractivity (Wildman–Crippen MR) is 133 cm³/mol. The number of nitrogens with zero attached hydrogens (tertiary/aromatic N) is 4. The molecule has 3 aromatic rings. The van der Waals surface area contributed by atoms with Crippen LogP contribution in [0.1, 0.15) is 18.3 Å². The molecule has 0 spiro atoms. The van der Waals surface area contributed by atoms with Gasteiger partial charge in [-0.1, -0.05) is 12.1 Å². The second-order valence-electron chi connectivity index (χ2n) is 9.28. The summed E-state index contributed by atoms with van der Waals surface area (Å²) >= 11 is 0. The fraction of sp³-hybridized carbons (Fsp3) is 0.407. The molecule has 1 saturated heterocycles. The normalized spacial score (nSPS) is 18.6. The second-order valence-corrected chi connectivity index (χ2v) is 9.28. The van der Waals surface area contributed by atoms with Crippen molar-refractivity contribution in [3.05, 3.63) is 78.1 Å². The van der Waals surface area contributed by atoms with Gasteiger partial charge in [0.15, 0.2) is 0 Å².